The number of nitriles is 1. The van der Waals surface area contributed by atoms with E-state index in [0.29, 0.717) is 0 Å². The van der Waals surface area contributed by atoms with Crippen molar-refractivity contribution in [2.45, 2.75) is 19.4 Å². The van der Waals surface area contributed by atoms with Gasteiger partial charge in [0.2, 0.25) is 0 Å². The Bertz CT molecular complexity index is 483. The van der Waals surface area contributed by atoms with Gasteiger partial charge in [-0.1, -0.05) is 30.3 Å². The largest absolute Gasteiger partial charge is 0.215 e. The highest BCUT2D eigenvalue weighted by atomic mass is 15.5. The highest BCUT2D eigenvalue weighted by molar-refractivity contribution is 5.15. The van der Waals surface area contributed by atoms with Gasteiger partial charge in [0.15, 0.2) is 5.82 Å². The van der Waals surface area contributed by atoms with Gasteiger partial charge in [0.25, 0.3) is 0 Å². The van der Waals surface area contributed by atoms with Crippen molar-refractivity contribution < 1.29 is 0 Å². The number of tetrazole rings is 1. The van der Waals surface area contributed by atoms with Crippen LogP contribution in [0.1, 0.15) is 11.4 Å². The second-order valence-electron chi connectivity index (χ2n) is 3.40. The summed E-state index contributed by atoms with van der Waals surface area (Å²) < 4.78 is 1.53. The first kappa shape index (κ1) is 10.3. The van der Waals surface area contributed by atoms with Crippen LogP contribution < -0.4 is 0 Å². The van der Waals surface area contributed by atoms with Crippen molar-refractivity contribution in [3.63, 3.8) is 0 Å². The highest BCUT2D eigenvalue weighted by Gasteiger charge is 2.05. The number of hydrogen-bond acceptors (Lipinski definition) is 4. The molecule has 0 aliphatic heterocycles. The molecule has 5 nitrogen and oxygen atoms in total. The Labute approximate surface area is 93.3 Å². The molecule has 0 aliphatic carbocycles. The number of aromatic nitrogens is 4. The molecule has 1 heterocycles. The lowest BCUT2D eigenvalue weighted by Gasteiger charge is -2.00. The van der Waals surface area contributed by atoms with Crippen molar-refractivity contribution in [1.82, 2.24) is 20.2 Å². The molecule has 80 valence electrons. The van der Waals surface area contributed by atoms with Gasteiger partial charge < -0.3 is 0 Å². The molecule has 0 atom stereocenters. The Kier molecular flexibility index (Phi) is 3.24. The van der Waals surface area contributed by atoms with Crippen molar-refractivity contribution in [3.05, 3.63) is 41.7 Å². The van der Waals surface area contributed by atoms with Crippen LogP contribution in [0.2, 0.25) is 0 Å². The van der Waals surface area contributed by atoms with Gasteiger partial charge >= 0.3 is 0 Å². The lowest BCUT2D eigenvalue weighted by atomic mass is 10.1. The second-order valence-corrected chi connectivity index (χ2v) is 3.40. The predicted octanol–water partition coefficient (Wildman–Crippen LogP) is 0.982. The topological polar surface area (TPSA) is 67.4 Å². The maximum absolute atomic E-state index is 8.58. The van der Waals surface area contributed by atoms with E-state index in [2.05, 4.69) is 27.7 Å². The van der Waals surface area contributed by atoms with Crippen LogP contribution in [0.25, 0.3) is 0 Å². The van der Waals surface area contributed by atoms with Crippen molar-refractivity contribution in [1.29, 1.82) is 5.26 Å². The minimum Gasteiger partial charge on any atom is -0.215 e. The summed E-state index contributed by atoms with van der Waals surface area (Å²) in [4.78, 5) is 0. The molecule has 0 saturated heterocycles. The summed E-state index contributed by atoms with van der Waals surface area (Å²) in [6.07, 6.45) is 1.63. The smallest absolute Gasteiger partial charge is 0.152 e. The third kappa shape index (κ3) is 2.42. The molecule has 5 heteroatoms. The lowest BCUT2D eigenvalue weighted by Crippen LogP contribution is -2.06. The second kappa shape index (κ2) is 5.03. The summed E-state index contributed by atoms with van der Waals surface area (Å²) in [7, 11) is 0. The normalized spacial score (nSPS) is 9.94. The fraction of sp³-hybridized carbons (Fsp3) is 0.273. The molecule has 0 aliphatic rings. The van der Waals surface area contributed by atoms with Crippen molar-refractivity contribution in [2.75, 3.05) is 0 Å². The first-order valence-electron chi connectivity index (χ1n) is 5.06. The zero-order valence-electron chi connectivity index (χ0n) is 8.74. The van der Waals surface area contributed by atoms with Crippen LogP contribution in [0.4, 0.5) is 0 Å². The number of aryl methyl sites for hydroxylation is 2. The maximum atomic E-state index is 8.58. The van der Waals surface area contributed by atoms with Gasteiger partial charge in [-0.3, -0.25) is 0 Å². The molecule has 0 bridgehead atoms. The Morgan fingerprint density at radius 2 is 2.00 bits per heavy atom. The van der Waals surface area contributed by atoms with E-state index in [4.69, 9.17) is 5.26 Å². The highest BCUT2D eigenvalue weighted by Crippen LogP contribution is 2.04. The molecular formula is C11H11N5. The minimum atomic E-state index is 0.205. The quantitative estimate of drug-likeness (QED) is 0.759. The molecule has 0 amide bonds. The molecule has 1 aromatic carbocycles. The number of benzene rings is 1. The van der Waals surface area contributed by atoms with E-state index < -0.39 is 0 Å². The van der Waals surface area contributed by atoms with E-state index in [1.807, 2.05) is 24.3 Å². The van der Waals surface area contributed by atoms with Gasteiger partial charge in [-0.15, -0.1) is 5.10 Å². The Hall–Kier alpha value is -2.22. The molecule has 0 radical (unpaired) electrons. The molecular weight excluding hydrogens is 202 g/mol. The standard InChI is InChI=1S/C11H11N5/c12-8-9-16-11(13-14-15-16)7-6-10-4-2-1-3-5-10/h1-5H,6-7,9H2. The molecule has 2 rings (SSSR count). The fourth-order valence-corrected chi connectivity index (χ4v) is 1.49. The van der Waals surface area contributed by atoms with E-state index in [0.717, 1.165) is 18.7 Å². The van der Waals surface area contributed by atoms with E-state index >= 15 is 0 Å². The third-order valence-electron chi connectivity index (χ3n) is 2.31. The number of hydrogen-bond donors (Lipinski definition) is 0. The molecule has 0 unspecified atom stereocenters. The van der Waals surface area contributed by atoms with E-state index in [1.165, 1.54) is 10.2 Å². The molecule has 0 saturated carbocycles. The number of rotatable bonds is 4. The SMILES string of the molecule is N#CCn1nnnc1CCc1ccccc1. The maximum Gasteiger partial charge on any atom is 0.152 e. The van der Waals surface area contributed by atoms with Crippen LogP contribution in [0.5, 0.6) is 0 Å². The molecule has 0 fully saturated rings. The van der Waals surface area contributed by atoms with E-state index in [-0.39, 0.29) is 6.54 Å². The summed E-state index contributed by atoms with van der Waals surface area (Å²) in [6.45, 7) is 0.205. The van der Waals surface area contributed by atoms with Crippen LogP contribution in [-0.4, -0.2) is 20.2 Å². The molecule has 1 aromatic heterocycles. The summed E-state index contributed by atoms with van der Waals surface area (Å²) in [6, 6.07) is 12.2. The lowest BCUT2D eigenvalue weighted by molar-refractivity contribution is 0.631. The zero-order chi connectivity index (χ0) is 11.2. The van der Waals surface area contributed by atoms with Crippen LogP contribution in [0.15, 0.2) is 30.3 Å². The van der Waals surface area contributed by atoms with Crippen molar-refractivity contribution in [2.24, 2.45) is 0 Å². The third-order valence-corrected chi connectivity index (χ3v) is 2.31. The van der Waals surface area contributed by atoms with Gasteiger partial charge in [0.05, 0.1) is 6.07 Å². The van der Waals surface area contributed by atoms with Gasteiger partial charge in [-0.2, -0.15) is 5.26 Å². The van der Waals surface area contributed by atoms with Crippen LogP contribution in [0, 0.1) is 11.3 Å². The molecule has 2 aromatic rings. The van der Waals surface area contributed by atoms with Crippen molar-refractivity contribution >= 4 is 0 Å². The predicted molar refractivity (Wildman–Crippen MR) is 57.3 cm³/mol. The summed E-state index contributed by atoms with van der Waals surface area (Å²) in [5.74, 6) is 0.755. The first-order valence-corrected chi connectivity index (χ1v) is 5.06. The van der Waals surface area contributed by atoms with Crippen LogP contribution >= 0.6 is 0 Å². The van der Waals surface area contributed by atoms with Crippen LogP contribution in [-0.2, 0) is 19.4 Å². The monoisotopic (exact) mass is 213 g/mol. The summed E-state index contributed by atoms with van der Waals surface area (Å²) in [5.41, 5.74) is 1.24. The minimum absolute atomic E-state index is 0.205. The molecule has 16 heavy (non-hydrogen) atoms. The zero-order valence-corrected chi connectivity index (χ0v) is 8.74. The summed E-state index contributed by atoms with van der Waals surface area (Å²) in [5, 5.41) is 19.8. The Morgan fingerprint density at radius 3 is 2.75 bits per heavy atom. The summed E-state index contributed by atoms with van der Waals surface area (Å²) >= 11 is 0. The van der Waals surface area contributed by atoms with Gasteiger partial charge in [0, 0.05) is 6.42 Å². The van der Waals surface area contributed by atoms with E-state index in [1.54, 1.807) is 0 Å². The fourth-order valence-electron chi connectivity index (χ4n) is 1.49. The first-order chi connectivity index (χ1) is 7.90. The van der Waals surface area contributed by atoms with Crippen molar-refractivity contribution in [3.8, 4) is 6.07 Å². The Morgan fingerprint density at radius 1 is 1.19 bits per heavy atom. The number of nitrogens with zero attached hydrogens (tertiary/aromatic N) is 5. The molecule has 0 spiro atoms. The van der Waals surface area contributed by atoms with Gasteiger partial charge in [-0.25, -0.2) is 4.68 Å². The molecule has 0 N–H and O–H groups in total. The van der Waals surface area contributed by atoms with Gasteiger partial charge in [0.1, 0.15) is 6.54 Å². The van der Waals surface area contributed by atoms with Crippen LogP contribution in [0.3, 0.4) is 0 Å². The van der Waals surface area contributed by atoms with Gasteiger partial charge in [-0.05, 0) is 22.4 Å². The Balaban J connectivity index is 2.00. The average Bonchev–Trinajstić information content (AvgIpc) is 2.76. The van der Waals surface area contributed by atoms with E-state index in [9.17, 15) is 0 Å². The average molecular weight is 213 g/mol.